The van der Waals surface area contributed by atoms with Gasteiger partial charge in [-0.15, -0.1) is 11.6 Å². The molecule has 1 rings (SSSR count). The molecule has 2 N–H and O–H groups in total. The molecule has 0 saturated carbocycles. The van der Waals surface area contributed by atoms with Gasteiger partial charge in [0.25, 0.3) is 0 Å². The highest BCUT2D eigenvalue weighted by Crippen LogP contribution is 2.20. The zero-order chi connectivity index (χ0) is 9.84. The number of ketones is 1. The molecule has 0 aromatic heterocycles. The predicted molar refractivity (Wildman–Crippen MR) is 58.0 cm³/mol. The van der Waals surface area contributed by atoms with Gasteiger partial charge in [0.1, 0.15) is 0 Å². The first-order valence-corrected chi connectivity index (χ1v) is 5.08. The minimum atomic E-state index is 0.0124. The number of rotatable bonds is 3. The van der Waals surface area contributed by atoms with E-state index in [1.54, 1.807) is 6.07 Å². The van der Waals surface area contributed by atoms with Crippen LogP contribution < -0.4 is 5.73 Å². The van der Waals surface area contributed by atoms with E-state index in [2.05, 4.69) is 15.9 Å². The Hall–Kier alpha value is -0.540. The SMILES string of the molecule is Nc1ccc(CC(=O)CCl)cc1Br. The topological polar surface area (TPSA) is 43.1 Å². The lowest BCUT2D eigenvalue weighted by Crippen LogP contribution is -2.03. The molecule has 13 heavy (non-hydrogen) atoms. The van der Waals surface area contributed by atoms with Crippen molar-refractivity contribution in [3.63, 3.8) is 0 Å². The third kappa shape index (κ3) is 3.01. The molecule has 1 aromatic carbocycles. The molecule has 70 valence electrons. The van der Waals surface area contributed by atoms with E-state index in [9.17, 15) is 4.79 Å². The number of alkyl halides is 1. The van der Waals surface area contributed by atoms with Crippen LogP contribution in [0.15, 0.2) is 22.7 Å². The van der Waals surface area contributed by atoms with Gasteiger partial charge < -0.3 is 5.73 Å². The van der Waals surface area contributed by atoms with Gasteiger partial charge in [-0.1, -0.05) is 6.07 Å². The molecular formula is C9H9BrClNO. The lowest BCUT2D eigenvalue weighted by atomic mass is 10.1. The smallest absolute Gasteiger partial charge is 0.151 e. The van der Waals surface area contributed by atoms with Gasteiger partial charge in [-0.3, -0.25) is 4.79 Å². The van der Waals surface area contributed by atoms with Gasteiger partial charge in [0.05, 0.1) is 5.88 Å². The van der Waals surface area contributed by atoms with Crippen molar-refractivity contribution in [3.8, 4) is 0 Å². The zero-order valence-corrected chi connectivity index (χ0v) is 9.23. The highest BCUT2D eigenvalue weighted by atomic mass is 79.9. The van der Waals surface area contributed by atoms with Gasteiger partial charge in [-0.05, 0) is 33.6 Å². The van der Waals surface area contributed by atoms with Gasteiger partial charge >= 0.3 is 0 Å². The van der Waals surface area contributed by atoms with E-state index in [4.69, 9.17) is 17.3 Å². The van der Waals surface area contributed by atoms with Gasteiger partial charge in [0.2, 0.25) is 0 Å². The number of Topliss-reactive ketones (excluding diaryl/α,β-unsaturated/α-hetero) is 1. The Morgan fingerprint density at radius 1 is 1.54 bits per heavy atom. The maximum atomic E-state index is 11.0. The minimum Gasteiger partial charge on any atom is -0.398 e. The van der Waals surface area contributed by atoms with E-state index in [-0.39, 0.29) is 11.7 Å². The van der Waals surface area contributed by atoms with Gasteiger partial charge in [-0.25, -0.2) is 0 Å². The summed E-state index contributed by atoms with van der Waals surface area (Å²) in [5.74, 6) is 0.0699. The Morgan fingerprint density at radius 3 is 2.77 bits per heavy atom. The Bertz CT molecular complexity index is 327. The van der Waals surface area contributed by atoms with Gasteiger partial charge in [0, 0.05) is 16.6 Å². The molecule has 0 unspecified atom stereocenters. The second-order valence-electron chi connectivity index (χ2n) is 2.70. The fourth-order valence-corrected chi connectivity index (χ4v) is 1.48. The fourth-order valence-electron chi connectivity index (χ4n) is 0.956. The van der Waals surface area contributed by atoms with Gasteiger partial charge in [-0.2, -0.15) is 0 Å². The molecule has 0 amide bonds. The van der Waals surface area contributed by atoms with Crippen LogP contribution in [0.2, 0.25) is 0 Å². The van der Waals surface area contributed by atoms with Crippen LogP contribution in [0.5, 0.6) is 0 Å². The summed E-state index contributed by atoms with van der Waals surface area (Å²) >= 11 is 8.68. The number of hydrogen-bond donors (Lipinski definition) is 1. The quantitative estimate of drug-likeness (QED) is 0.671. The Balaban J connectivity index is 2.79. The number of anilines is 1. The third-order valence-electron chi connectivity index (χ3n) is 1.62. The number of benzene rings is 1. The third-order valence-corrected chi connectivity index (χ3v) is 2.60. The first-order valence-electron chi connectivity index (χ1n) is 3.75. The molecule has 0 aliphatic carbocycles. The summed E-state index contributed by atoms with van der Waals surface area (Å²) in [6.07, 6.45) is 0.363. The van der Waals surface area contributed by atoms with Crippen LogP contribution in [0.3, 0.4) is 0 Å². The average molecular weight is 263 g/mol. The normalized spacial score (nSPS) is 10.0. The Morgan fingerprint density at radius 2 is 2.23 bits per heavy atom. The Kier molecular flexibility index (Phi) is 3.75. The van der Waals surface area contributed by atoms with Crippen molar-refractivity contribution in [1.82, 2.24) is 0 Å². The van der Waals surface area contributed by atoms with Crippen LogP contribution in [-0.2, 0) is 11.2 Å². The van der Waals surface area contributed by atoms with E-state index in [1.807, 2.05) is 12.1 Å². The van der Waals surface area contributed by atoms with E-state index in [0.29, 0.717) is 12.1 Å². The summed E-state index contributed by atoms with van der Waals surface area (Å²) in [6, 6.07) is 5.42. The predicted octanol–water partition coefficient (Wildman–Crippen LogP) is 2.38. The maximum Gasteiger partial charge on any atom is 0.151 e. The molecule has 0 atom stereocenters. The monoisotopic (exact) mass is 261 g/mol. The molecular weight excluding hydrogens is 253 g/mol. The van der Waals surface area contributed by atoms with E-state index in [1.165, 1.54) is 0 Å². The molecule has 0 fully saturated rings. The van der Waals surface area contributed by atoms with E-state index >= 15 is 0 Å². The number of nitrogens with two attached hydrogens (primary N) is 1. The van der Waals surface area contributed by atoms with Crippen LogP contribution in [0.25, 0.3) is 0 Å². The van der Waals surface area contributed by atoms with E-state index < -0.39 is 0 Å². The van der Waals surface area contributed by atoms with E-state index in [0.717, 1.165) is 10.0 Å². The standard InChI is InChI=1S/C9H9BrClNO/c10-8-4-6(1-2-9(8)12)3-7(13)5-11/h1-2,4H,3,5,12H2. The molecule has 0 aliphatic rings. The van der Waals surface area contributed by atoms with Crippen molar-refractivity contribution in [1.29, 1.82) is 0 Å². The fraction of sp³-hybridized carbons (Fsp3) is 0.222. The minimum absolute atomic E-state index is 0.0124. The summed E-state index contributed by atoms with van der Waals surface area (Å²) in [6.45, 7) is 0. The first kappa shape index (κ1) is 10.5. The maximum absolute atomic E-state index is 11.0. The number of carbonyl (C=O) groups is 1. The molecule has 0 saturated heterocycles. The lowest BCUT2D eigenvalue weighted by Gasteiger charge is -2.01. The summed E-state index contributed by atoms with van der Waals surface area (Å²) in [4.78, 5) is 11.0. The van der Waals surface area contributed by atoms with Crippen molar-refractivity contribution >= 4 is 39.0 Å². The molecule has 0 aliphatic heterocycles. The molecule has 0 heterocycles. The summed E-state index contributed by atoms with van der Waals surface area (Å²) in [7, 11) is 0. The zero-order valence-electron chi connectivity index (χ0n) is 6.89. The largest absolute Gasteiger partial charge is 0.398 e. The Labute approximate surface area is 90.2 Å². The van der Waals surface area contributed by atoms with Crippen molar-refractivity contribution in [2.75, 3.05) is 11.6 Å². The number of hydrogen-bond acceptors (Lipinski definition) is 2. The van der Waals surface area contributed by atoms with Crippen LogP contribution in [0.4, 0.5) is 5.69 Å². The number of nitrogen functional groups attached to an aromatic ring is 1. The molecule has 0 bridgehead atoms. The summed E-state index contributed by atoms with van der Waals surface area (Å²) in [5, 5.41) is 0. The highest BCUT2D eigenvalue weighted by Gasteiger charge is 2.03. The molecule has 4 heteroatoms. The van der Waals surface area contributed by atoms with Crippen LogP contribution in [0.1, 0.15) is 5.56 Å². The van der Waals surface area contributed by atoms with Crippen molar-refractivity contribution in [3.05, 3.63) is 28.2 Å². The van der Waals surface area contributed by atoms with Crippen LogP contribution >= 0.6 is 27.5 Å². The lowest BCUT2D eigenvalue weighted by molar-refractivity contribution is -0.116. The summed E-state index contributed by atoms with van der Waals surface area (Å²) < 4.78 is 0.812. The highest BCUT2D eigenvalue weighted by molar-refractivity contribution is 9.10. The number of halogens is 2. The van der Waals surface area contributed by atoms with Crippen LogP contribution in [-0.4, -0.2) is 11.7 Å². The summed E-state index contributed by atoms with van der Waals surface area (Å²) in [5.41, 5.74) is 7.19. The van der Waals surface area contributed by atoms with Crippen LogP contribution in [0, 0.1) is 0 Å². The van der Waals surface area contributed by atoms with Gasteiger partial charge in [0.15, 0.2) is 5.78 Å². The second kappa shape index (κ2) is 4.63. The molecule has 0 spiro atoms. The molecule has 0 radical (unpaired) electrons. The first-order chi connectivity index (χ1) is 6.13. The average Bonchev–Trinajstić information content (AvgIpc) is 2.11. The second-order valence-corrected chi connectivity index (χ2v) is 3.83. The van der Waals surface area contributed by atoms with Crippen molar-refractivity contribution in [2.24, 2.45) is 0 Å². The van der Waals surface area contributed by atoms with Crippen molar-refractivity contribution in [2.45, 2.75) is 6.42 Å². The number of carbonyl (C=O) groups excluding carboxylic acids is 1. The molecule has 2 nitrogen and oxygen atoms in total. The molecule has 1 aromatic rings. The van der Waals surface area contributed by atoms with Crippen molar-refractivity contribution < 1.29 is 4.79 Å².